The molecule has 0 aliphatic carbocycles. The Hall–Kier alpha value is -0.530. The summed E-state index contributed by atoms with van der Waals surface area (Å²) in [6.07, 6.45) is 2.58. The maximum atomic E-state index is 4.49. The molecule has 0 aromatic carbocycles. The molecule has 0 aromatic rings. The van der Waals surface area contributed by atoms with Gasteiger partial charge in [-0.15, -0.1) is 0 Å². The second kappa shape index (κ2) is 3.24. The molecular weight excluding hydrogens is 136 g/mol. The highest BCUT2D eigenvalue weighted by Crippen LogP contribution is 2.23. The van der Waals surface area contributed by atoms with Crippen molar-refractivity contribution in [1.82, 2.24) is 5.01 Å². The van der Waals surface area contributed by atoms with Crippen molar-refractivity contribution in [1.29, 1.82) is 0 Å². The average Bonchev–Trinajstić information content (AvgIpc) is 2.18. The predicted molar refractivity (Wildman–Crippen MR) is 48.8 cm³/mol. The van der Waals surface area contributed by atoms with E-state index < -0.39 is 0 Å². The number of rotatable bonds is 1. The van der Waals surface area contributed by atoms with Crippen molar-refractivity contribution in [2.45, 2.75) is 52.6 Å². The molecule has 0 aromatic heterocycles. The molecule has 0 spiro atoms. The van der Waals surface area contributed by atoms with E-state index in [1.54, 1.807) is 0 Å². The fourth-order valence-corrected chi connectivity index (χ4v) is 1.61. The molecule has 0 amide bonds. The van der Waals surface area contributed by atoms with E-state index in [9.17, 15) is 0 Å². The van der Waals surface area contributed by atoms with E-state index in [1.807, 2.05) is 0 Å². The fourth-order valence-electron chi connectivity index (χ4n) is 1.61. The lowest BCUT2D eigenvalue weighted by Gasteiger charge is -2.22. The highest BCUT2D eigenvalue weighted by molar-refractivity contribution is 5.78. The minimum atomic E-state index is 0.639. The van der Waals surface area contributed by atoms with Crippen LogP contribution in [0.25, 0.3) is 0 Å². The van der Waals surface area contributed by atoms with Crippen LogP contribution in [-0.4, -0.2) is 22.8 Å². The molecule has 0 N–H and O–H groups in total. The maximum absolute atomic E-state index is 4.49. The number of nitrogens with zero attached hydrogens (tertiary/aromatic N) is 2. The third-order valence-corrected chi connectivity index (χ3v) is 2.22. The summed E-state index contributed by atoms with van der Waals surface area (Å²) in [6, 6.07) is 1.28. The first kappa shape index (κ1) is 8.57. The highest BCUT2D eigenvalue weighted by atomic mass is 15.5. The quantitative estimate of drug-likeness (QED) is 0.529. The average molecular weight is 154 g/mol. The molecule has 11 heavy (non-hydrogen) atoms. The van der Waals surface area contributed by atoms with Crippen LogP contribution in [0.5, 0.6) is 0 Å². The first-order valence-corrected chi connectivity index (χ1v) is 4.41. The van der Waals surface area contributed by atoms with Gasteiger partial charge in [0.2, 0.25) is 0 Å². The predicted octanol–water partition coefficient (Wildman–Crippen LogP) is 2.26. The molecule has 1 fully saturated rings. The van der Waals surface area contributed by atoms with Gasteiger partial charge in [0.25, 0.3) is 0 Å². The smallest absolute Gasteiger partial charge is 0.0446 e. The van der Waals surface area contributed by atoms with Crippen LogP contribution >= 0.6 is 0 Å². The van der Waals surface area contributed by atoms with Crippen molar-refractivity contribution in [3.8, 4) is 0 Å². The molecule has 0 saturated carbocycles. The van der Waals surface area contributed by atoms with Gasteiger partial charge < -0.3 is 0 Å². The summed E-state index contributed by atoms with van der Waals surface area (Å²) in [5.41, 5.74) is 1.16. The summed E-state index contributed by atoms with van der Waals surface area (Å²) < 4.78 is 0. The Kier molecular flexibility index (Phi) is 2.53. The van der Waals surface area contributed by atoms with Gasteiger partial charge in [-0.25, -0.2) is 0 Å². The second-order valence-corrected chi connectivity index (χ2v) is 3.70. The molecule has 1 saturated heterocycles. The van der Waals surface area contributed by atoms with E-state index >= 15 is 0 Å². The Balaban J connectivity index is 2.61. The molecule has 0 radical (unpaired) electrons. The lowest BCUT2D eigenvalue weighted by molar-refractivity contribution is 0.225. The van der Waals surface area contributed by atoms with E-state index in [0.717, 1.165) is 5.71 Å². The zero-order valence-electron chi connectivity index (χ0n) is 7.96. The molecular formula is C9H18N2. The summed E-state index contributed by atoms with van der Waals surface area (Å²) >= 11 is 0. The van der Waals surface area contributed by atoms with Gasteiger partial charge in [0.05, 0.1) is 0 Å². The topological polar surface area (TPSA) is 15.6 Å². The van der Waals surface area contributed by atoms with Crippen molar-refractivity contribution in [3.63, 3.8) is 0 Å². The number of hydrazone groups is 1. The Morgan fingerprint density at radius 1 is 1.18 bits per heavy atom. The summed E-state index contributed by atoms with van der Waals surface area (Å²) in [4.78, 5) is 0. The Morgan fingerprint density at radius 3 is 2.00 bits per heavy atom. The largest absolute Gasteiger partial charge is 0.292 e. The summed E-state index contributed by atoms with van der Waals surface area (Å²) in [5.74, 6) is 0. The number of hydrogen-bond donors (Lipinski definition) is 0. The van der Waals surface area contributed by atoms with Gasteiger partial charge in [0.15, 0.2) is 0 Å². The SMILES string of the molecule is CC(C)=NN1C(C)CCC1C. The van der Waals surface area contributed by atoms with Crippen molar-refractivity contribution in [2.24, 2.45) is 5.10 Å². The summed E-state index contributed by atoms with van der Waals surface area (Å²) in [6.45, 7) is 8.60. The van der Waals surface area contributed by atoms with Gasteiger partial charge in [-0.2, -0.15) is 5.10 Å². The minimum Gasteiger partial charge on any atom is -0.292 e. The first-order valence-electron chi connectivity index (χ1n) is 4.41. The van der Waals surface area contributed by atoms with Crippen molar-refractivity contribution < 1.29 is 0 Å². The lowest BCUT2D eigenvalue weighted by atomic mass is 10.2. The Morgan fingerprint density at radius 2 is 1.64 bits per heavy atom. The van der Waals surface area contributed by atoms with Crippen LogP contribution in [0.3, 0.4) is 0 Å². The van der Waals surface area contributed by atoms with Crippen LogP contribution in [0.2, 0.25) is 0 Å². The van der Waals surface area contributed by atoms with E-state index in [2.05, 4.69) is 37.8 Å². The van der Waals surface area contributed by atoms with Crippen molar-refractivity contribution in [2.75, 3.05) is 0 Å². The standard InChI is InChI=1S/C9H18N2/c1-7(2)10-11-8(3)5-6-9(11)4/h8-9H,5-6H2,1-4H3. The van der Waals surface area contributed by atoms with Crippen molar-refractivity contribution >= 4 is 5.71 Å². The highest BCUT2D eigenvalue weighted by Gasteiger charge is 2.25. The molecule has 2 atom stereocenters. The monoisotopic (exact) mass is 154 g/mol. The number of hydrogen-bond acceptors (Lipinski definition) is 2. The van der Waals surface area contributed by atoms with E-state index in [0.29, 0.717) is 12.1 Å². The van der Waals surface area contributed by atoms with Crippen LogP contribution in [0.1, 0.15) is 40.5 Å². The van der Waals surface area contributed by atoms with E-state index in [4.69, 9.17) is 0 Å². The zero-order valence-corrected chi connectivity index (χ0v) is 7.96. The molecule has 1 rings (SSSR count). The van der Waals surface area contributed by atoms with Gasteiger partial charge in [0, 0.05) is 17.8 Å². The zero-order chi connectivity index (χ0) is 8.43. The van der Waals surface area contributed by atoms with Gasteiger partial charge in [-0.3, -0.25) is 5.01 Å². The first-order chi connectivity index (χ1) is 5.11. The summed E-state index contributed by atoms with van der Waals surface area (Å²) in [7, 11) is 0. The lowest BCUT2D eigenvalue weighted by Crippen LogP contribution is -2.27. The minimum absolute atomic E-state index is 0.639. The van der Waals surface area contributed by atoms with Gasteiger partial charge >= 0.3 is 0 Å². The molecule has 2 unspecified atom stereocenters. The molecule has 1 aliphatic rings. The molecule has 64 valence electrons. The molecule has 0 bridgehead atoms. The molecule has 2 heteroatoms. The molecule has 1 aliphatic heterocycles. The van der Waals surface area contributed by atoms with Crippen LogP contribution in [0.4, 0.5) is 0 Å². The summed E-state index contributed by atoms with van der Waals surface area (Å²) in [5, 5.41) is 6.72. The Bertz CT molecular complexity index is 149. The fraction of sp³-hybridized carbons (Fsp3) is 0.889. The molecule has 1 heterocycles. The normalized spacial score (nSPS) is 30.7. The van der Waals surface area contributed by atoms with Crippen LogP contribution < -0.4 is 0 Å². The third-order valence-electron chi connectivity index (χ3n) is 2.22. The van der Waals surface area contributed by atoms with Crippen LogP contribution in [-0.2, 0) is 0 Å². The second-order valence-electron chi connectivity index (χ2n) is 3.70. The maximum Gasteiger partial charge on any atom is 0.0446 e. The van der Waals surface area contributed by atoms with E-state index in [1.165, 1.54) is 12.8 Å². The van der Waals surface area contributed by atoms with Crippen LogP contribution in [0, 0.1) is 0 Å². The van der Waals surface area contributed by atoms with Crippen molar-refractivity contribution in [3.05, 3.63) is 0 Å². The van der Waals surface area contributed by atoms with Crippen LogP contribution in [0.15, 0.2) is 5.10 Å². The van der Waals surface area contributed by atoms with E-state index in [-0.39, 0.29) is 0 Å². The van der Waals surface area contributed by atoms with Gasteiger partial charge in [-0.1, -0.05) is 0 Å². The Labute approximate surface area is 69.3 Å². The van der Waals surface area contributed by atoms with Gasteiger partial charge in [-0.05, 0) is 40.5 Å². The van der Waals surface area contributed by atoms with Gasteiger partial charge in [0.1, 0.15) is 0 Å². The molecule has 2 nitrogen and oxygen atoms in total. The third kappa shape index (κ3) is 1.95.